The zero-order chi connectivity index (χ0) is 9.14. The Labute approximate surface area is 125 Å². The third-order valence-electron chi connectivity index (χ3n) is 1.72. The monoisotopic (exact) mass is 222 g/mol. The van der Waals surface area contributed by atoms with Crippen LogP contribution >= 0.6 is 11.6 Å². The maximum Gasteiger partial charge on any atom is 1.00 e. The average molecular weight is 223 g/mol. The molecule has 13 heavy (non-hydrogen) atoms. The molecule has 4 heteroatoms. The van der Waals surface area contributed by atoms with Crippen LogP contribution in [0.2, 0.25) is 5.02 Å². The fourth-order valence-electron chi connectivity index (χ4n) is 0.888. The molecule has 0 saturated carbocycles. The topological polar surface area (TPSA) is 40.1 Å². The molecule has 0 spiro atoms. The van der Waals surface area contributed by atoms with Gasteiger partial charge in [-0.05, 0) is 17.7 Å². The van der Waals surface area contributed by atoms with Gasteiger partial charge in [-0.1, -0.05) is 30.7 Å². The minimum Gasteiger partial charge on any atom is -0.550 e. The molecule has 1 rings (SSSR count). The van der Waals surface area contributed by atoms with Crippen LogP contribution in [0, 0.1) is 0 Å². The Balaban J connectivity index is 0.00000144. The van der Waals surface area contributed by atoms with Crippen molar-refractivity contribution in [2.45, 2.75) is 12.8 Å². The molecule has 0 aliphatic heterocycles. The van der Waals surface area contributed by atoms with E-state index in [0.29, 0.717) is 10.6 Å². The second-order valence-corrected chi connectivity index (χ2v) is 3.03. The molecular formula is C9H8ClKO2. The maximum atomic E-state index is 10.4. The van der Waals surface area contributed by atoms with Crippen LogP contribution in [0.25, 0.3) is 0 Å². The maximum absolute atomic E-state index is 10.4. The molecule has 1 unspecified atom stereocenters. The van der Waals surface area contributed by atoms with Crippen molar-refractivity contribution < 1.29 is 61.3 Å². The summed E-state index contributed by atoms with van der Waals surface area (Å²) in [5.41, 5.74) is 0.708. The van der Waals surface area contributed by atoms with Crippen LogP contribution in [-0.4, -0.2) is 5.97 Å². The van der Waals surface area contributed by atoms with Crippen molar-refractivity contribution in [2.75, 3.05) is 0 Å². The van der Waals surface area contributed by atoms with Crippen LogP contribution in [0.5, 0.6) is 0 Å². The van der Waals surface area contributed by atoms with Gasteiger partial charge in [0.15, 0.2) is 0 Å². The van der Waals surface area contributed by atoms with E-state index in [9.17, 15) is 9.90 Å². The zero-order valence-corrected chi connectivity index (χ0v) is 11.5. The number of rotatable bonds is 2. The molecule has 0 aliphatic rings. The quantitative estimate of drug-likeness (QED) is 0.554. The summed E-state index contributed by atoms with van der Waals surface area (Å²) >= 11 is 5.63. The molecule has 0 fully saturated rings. The summed E-state index contributed by atoms with van der Waals surface area (Å²) in [6.07, 6.45) is 0. The van der Waals surface area contributed by atoms with Gasteiger partial charge in [-0.3, -0.25) is 0 Å². The van der Waals surface area contributed by atoms with E-state index in [0.717, 1.165) is 0 Å². The Kier molecular flexibility index (Phi) is 6.46. The Morgan fingerprint density at radius 1 is 1.38 bits per heavy atom. The molecular weight excluding hydrogens is 215 g/mol. The van der Waals surface area contributed by atoms with Gasteiger partial charge in [0.2, 0.25) is 0 Å². The Hall–Kier alpha value is 0.616. The number of hydrogen-bond donors (Lipinski definition) is 0. The largest absolute Gasteiger partial charge is 1.00 e. The predicted octanol–water partition coefficient (Wildman–Crippen LogP) is -1.80. The summed E-state index contributed by atoms with van der Waals surface area (Å²) in [5.74, 6) is -1.65. The first-order valence-electron chi connectivity index (χ1n) is 3.57. The van der Waals surface area contributed by atoms with Crippen molar-refractivity contribution in [1.82, 2.24) is 0 Å². The minimum absolute atomic E-state index is 0. The number of halogens is 1. The van der Waals surface area contributed by atoms with Crippen molar-refractivity contribution >= 4 is 17.6 Å². The van der Waals surface area contributed by atoms with E-state index in [2.05, 4.69) is 0 Å². The Morgan fingerprint density at radius 2 is 1.85 bits per heavy atom. The van der Waals surface area contributed by atoms with Crippen LogP contribution in [-0.2, 0) is 4.79 Å². The average Bonchev–Trinajstić information content (AvgIpc) is 2.04. The van der Waals surface area contributed by atoms with Gasteiger partial charge in [-0.15, -0.1) is 0 Å². The predicted molar refractivity (Wildman–Crippen MR) is 44.9 cm³/mol. The first-order valence-corrected chi connectivity index (χ1v) is 3.95. The van der Waals surface area contributed by atoms with E-state index in [-0.39, 0.29) is 51.4 Å². The van der Waals surface area contributed by atoms with Crippen LogP contribution in [0.1, 0.15) is 18.4 Å². The molecule has 2 nitrogen and oxygen atoms in total. The summed E-state index contributed by atoms with van der Waals surface area (Å²) in [5, 5.41) is 11.0. The minimum atomic E-state index is -1.07. The van der Waals surface area contributed by atoms with Crippen molar-refractivity contribution in [2.24, 2.45) is 0 Å². The fourth-order valence-corrected chi connectivity index (χ4v) is 1.01. The van der Waals surface area contributed by atoms with Gasteiger partial charge in [-0.2, -0.15) is 0 Å². The van der Waals surface area contributed by atoms with Crippen molar-refractivity contribution in [3.8, 4) is 0 Å². The number of benzene rings is 1. The first kappa shape index (κ1) is 13.6. The molecule has 0 heterocycles. The molecule has 0 aliphatic carbocycles. The third-order valence-corrected chi connectivity index (χ3v) is 1.98. The normalized spacial score (nSPS) is 11.5. The van der Waals surface area contributed by atoms with Crippen molar-refractivity contribution in [3.63, 3.8) is 0 Å². The molecule has 0 N–H and O–H groups in total. The summed E-state index contributed by atoms with van der Waals surface area (Å²) < 4.78 is 0. The standard InChI is InChI=1S/C9H9ClO2.K/c1-6(9(11)12)7-2-4-8(10)5-3-7;/h2-6H,1H3,(H,11,12);/q;+1/p-1. The van der Waals surface area contributed by atoms with Crippen LogP contribution in [0.3, 0.4) is 0 Å². The van der Waals surface area contributed by atoms with Crippen molar-refractivity contribution in [3.05, 3.63) is 34.9 Å². The van der Waals surface area contributed by atoms with Gasteiger partial charge >= 0.3 is 51.4 Å². The number of carboxylic acids is 1. The zero-order valence-electron chi connectivity index (χ0n) is 7.58. The molecule has 1 atom stereocenters. The molecule has 0 saturated heterocycles. The van der Waals surface area contributed by atoms with E-state index in [4.69, 9.17) is 11.6 Å². The molecule has 0 aromatic heterocycles. The number of hydrogen-bond acceptors (Lipinski definition) is 2. The summed E-state index contributed by atoms with van der Waals surface area (Å²) in [4.78, 5) is 10.4. The molecule has 0 amide bonds. The fraction of sp³-hybridized carbons (Fsp3) is 0.222. The van der Waals surface area contributed by atoms with E-state index in [1.54, 1.807) is 31.2 Å². The number of carbonyl (C=O) groups is 1. The SMILES string of the molecule is CC(C(=O)[O-])c1ccc(Cl)cc1.[K+]. The van der Waals surface area contributed by atoms with Gasteiger partial charge in [-0.25, -0.2) is 0 Å². The van der Waals surface area contributed by atoms with Gasteiger partial charge in [0, 0.05) is 16.9 Å². The van der Waals surface area contributed by atoms with Gasteiger partial charge < -0.3 is 9.90 Å². The van der Waals surface area contributed by atoms with Crippen molar-refractivity contribution in [1.29, 1.82) is 0 Å². The second-order valence-electron chi connectivity index (χ2n) is 2.59. The third kappa shape index (κ3) is 4.10. The molecule has 1 aromatic carbocycles. The number of carboxylic acid groups (broad SMARTS) is 1. The van der Waals surface area contributed by atoms with Gasteiger partial charge in [0.1, 0.15) is 0 Å². The van der Waals surface area contributed by atoms with E-state index in [1.807, 2.05) is 0 Å². The molecule has 1 aromatic rings. The number of aliphatic carboxylic acids is 1. The Morgan fingerprint density at radius 3 is 2.23 bits per heavy atom. The van der Waals surface area contributed by atoms with E-state index in [1.165, 1.54) is 0 Å². The van der Waals surface area contributed by atoms with E-state index >= 15 is 0 Å². The van der Waals surface area contributed by atoms with Gasteiger partial charge in [0.25, 0.3) is 0 Å². The molecule has 0 bridgehead atoms. The number of carbonyl (C=O) groups excluding carboxylic acids is 1. The molecule has 64 valence electrons. The van der Waals surface area contributed by atoms with E-state index < -0.39 is 11.9 Å². The van der Waals surface area contributed by atoms with Gasteiger partial charge in [0.05, 0.1) is 0 Å². The summed E-state index contributed by atoms with van der Waals surface area (Å²) in [7, 11) is 0. The summed E-state index contributed by atoms with van der Waals surface area (Å²) in [6.45, 7) is 1.58. The Bertz CT molecular complexity index is 284. The van der Waals surface area contributed by atoms with Crippen LogP contribution in [0.4, 0.5) is 0 Å². The smallest absolute Gasteiger partial charge is 0.550 e. The van der Waals surface area contributed by atoms with Crippen LogP contribution in [0.15, 0.2) is 24.3 Å². The molecule has 0 radical (unpaired) electrons. The summed E-state index contributed by atoms with van der Waals surface area (Å²) in [6, 6.07) is 6.69. The van der Waals surface area contributed by atoms with Crippen LogP contribution < -0.4 is 56.5 Å². The first-order chi connectivity index (χ1) is 5.61. The second kappa shape index (κ2) is 6.17.